The van der Waals surface area contributed by atoms with Gasteiger partial charge in [0.1, 0.15) is 12.4 Å². The van der Waals surface area contributed by atoms with Crippen LogP contribution in [0.5, 0.6) is 5.75 Å². The van der Waals surface area contributed by atoms with E-state index in [1.54, 1.807) is 14.2 Å². The van der Waals surface area contributed by atoms with Crippen molar-refractivity contribution in [2.75, 3.05) is 14.2 Å². The van der Waals surface area contributed by atoms with E-state index in [9.17, 15) is 0 Å². The third kappa shape index (κ3) is 4.14. The summed E-state index contributed by atoms with van der Waals surface area (Å²) in [6.07, 6.45) is 0.479. The van der Waals surface area contributed by atoms with Crippen molar-refractivity contribution < 1.29 is 14.2 Å². The maximum atomic E-state index is 6.10. The maximum absolute atomic E-state index is 6.10. The van der Waals surface area contributed by atoms with Gasteiger partial charge in [-0.1, -0.05) is 53.2 Å². The molecule has 0 bridgehead atoms. The third-order valence-electron chi connectivity index (χ3n) is 3.89. The average molecular weight is 379 g/mol. The molecule has 0 saturated heterocycles. The van der Waals surface area contributed by atoms with E-state index < -0.39 is 6.29 Å². The molecular formula is C19H23BrO3. The summed E-state index contributed by atoms with van der Waals surface area (Å²) in [7, 11) is 3.27. The molecule has 0 unspecified atom stereocenters. The van der Waals surface area contributed by atoms with E-state index in [1.165, 1.54) is 5.56 Å². The van der Waals surface area contributed by atoms with Crippen LogP contribution < -0.4 is 4.74 Å². The van der Waals surface area contributed by atoms with Gasteiger partial charge in [0.15, 0.2) is 6.29 Å². The Balaban J connectivity index is 2.36. The molecule has 124 valence electrons. The monoisotopic (exact) mass is 378 g/mol. The average Bonchev–Trinajstić information content (AvgIpc) is 2.59. The molecule has 0 spiro atoms. The van der Waals surface area contributed by atoms with Crippen molar-refractivity contribution in [2.24, 2.45) is 0 Å². The lowest BCUT2D eigenvalue weighted by Gasteiger charge is -2.21. The van der Waals surface area contributed by atoms with Crippen LogP contribution in [-0.4, -0.2) is 14.2 Å². The van der Waals surface area contributed by atoms with Crippen LogP contribution in [0.4, 0.5) is 0 Å². The van der Waals surface area contributed by atoms with Gasteiger partial charge in [-0.15, -0.1) is 0 Å². The Hall–Kier alpha value is -1.36. The molecular weight excluding hydrogens is 356 g/mol. The Bertz CT molecular complexity index is 637. The highest BCUT2D eigenvalue weighted by molar-refractivity contribution is 9.10. The first-order chi connectivity index (χ1) is 11.1. The molecule has 0 aliphatic carbocycles. The number of benzene rings is 2. The molecule has 4 heteroatoms. The second kappa shape index (κ2) is 8.48. The number of rotatable bonds is 7. The number of methoxy groups -OCH3 is 2. The molecule has 2 aromatic carbocycles. The van der Waals surface area contributed by atoms with Gasteiger partial charge in [0.05, 0.1) is 0 Å². The van der Waals surface area contributed by atoms with Crippen LogP contribution in [0.1, 0.15) is 35.5 Å². The highest BCUT2D eigenvalue weighted by Gasteiger charge is 2.20. The van der Waals surface area contributed by atoms with Crippen LogP contribution in [0.2, 0.25) is 0 Å². The van der Waals surface area contributed by atoms with Crippen LogP contribution in [0, 0.1) is 6.92 Å². The lowest BCUT2D eigenvalue weighted by Crippen LogP contribution is -2.08. The fourth-order valence-electron chi connectivity index (χ4n) is 2.65. The molecule has 0 atom stereocenters. The molecule has 0 aliphatic heterocycles. The molecule has 0 radical (unpaired) electrons. The standard InChI is InChI=1S/C19H23BrO3/c1-5-15-13(2)18(20)16(19(21-3)22-4)11-17(15)23-12-14-9-7-6-8-10-14/h6-11,19H,5,12H2,1-4H3. The number of hydrogen-bond acceptors (Lipinski definition) is 3. The molecule has 0 N–H and O–H groups in total. The van der Waals surface area contributed by atoms with Gasteiger partial charge in [-0.25, -0.2) is 0 Å². The molecule has 0 heterocycles. The molecule has 0 fully saturated rings. The predicted molar refractivity (Wildman–Crippen MR) is 95.8 cm³/mol. The van der Waals surface area contributed by atoms with Gasteiger partial charge in [0.2, 0.25) is 0 Å². The molecule has 2 aromatic rings. The lowest BCUT2D eigenvalue weighted by molar-refractivity contribution is -0.106. The fourth-order valence-corrected chi connectivity index (χ4v) is 3.19. The van der Waals surface area contributed by atoms with E-state index in [0.717, 1.165) is 33.3 Å². The SMILES string of the molecule is CCc1c(OCc2ccccc2)cc(C(OC)OC)c(Br)c1C. The van der Waals surface area contributed by atoms with Gasteiger partial charge in [0.25, 0.3) is 0 Å². The summed E-state index contributed by atoms with van der Waals surface area (Å²) in [4.78, 5) is 0. The quantitative estimate of drug-likeness (QED) is 0.620. The van der Waals surface area contributed by atoms with E-state index in [1.807, 2.05) is 24.3 Å². The molecule has 0 aliphatic rings. The zero-order valence-corrected chi connectivity index (χ0v) is 15.6. The Kier molecular flexibility index (Phi) is 6.63. The van der Waals surface area contributed by atoms with Crippen molar-refractivity contribution in [1.82, 2.24) is 0 Å². The van der Waals surface area contributed by atoms with Crippen molar-refractivity contribution >= 4 is 15.9 Å². The van der Waals surface area contributed by atoms with Crippen molar-refractivity contribution in [3.63, 3.8) is 0 Å². The molecule has 0 amide bonds. The van der Waals surface area contributed by atoms with Gasteiger partial charge in [0, 0.05) is 24.3 Å². The number of hydrogen-bond donors (Lipinski definition) is 0. The minimum absolute atomic E-state index is 0.423. The van der Waals surface area contributed by atoms with Crippen LogP contribution in [0.25, 0.3) is 0 Å². The number of ether oxygens (including phenoxy) is 3. The second-order valence-electron chi connectivity index (χ2n) is 5.31. The Morgan fingerprint density at radius 3 is 2.30 bits per heavy atom. The predicted octanol–water partition coefficient (Wildman–Crippen LogP) is 5.19. The maximum Gasteiger partial charge on any atom is 0.184 e. The highest BCUT2D eigenvalue weighted by atomic mass is 79.9. The van der Waals surface area contributed by atoms with E-state index in [-0.39, 0.29) is 0 Å². The molecule has 0 aromatic heterocycles. The van der Waals surface area contributed by atoms with Gasteiger partial charge < -0.3 is 14.2 Å². The zero-order chi connectivity index (χ0) is 16.8. The first-order valence-corrected chi connectivity index (χ1v) is 8.45. The Morgan fingerprint density at radius 2 is 1.74 bits per heavy atom. The second-order valence-corrected chi connectivity index (χ2v) is 6.11. The normalized spacial score (nSPS) is 11.0. The van der Waals surface area contributed by atoms with E-state index in [0.29, 0.717) is 6.61 Å². The first kappa shape index (κ1) is 18.0. The van der Waals surface area contributed by atoms with Crippen molar-refractivity contribution in [3.05, 3.63) is 63.1 Å². The van der Waals surface area contributed by atoms with Crippen LogP contribution in [0.15, 0.2) is 40.9 Å². The fraction of sp³-hybridized carbons (Fsp3) is 0.368. The Labute approximate surface area is 146 Å². The van der Waals surface area contributed by atoms with E-state index in [4.69, 9.17) is 14.2 Å². The third-order valence-corrected chi connectivity index (χ3v) is 4.94. The number of halogens is 1. The van der Waals surface area contributed by atoms with Gasteiger partial charge in [-0.2, -0.15) is 0 Å². The van der Waals surface area contributed by atoms with Gasteiger partial charge in [-0.3, -0.25) is 0 Å². The van der Waals surface area contributed by atoms with E-state index >= 15 is 0 Å². The summed E-state index contributed by atoms with van der Waals surface area (Å²) < 4.78 is 17.9. The van der Waals surface area contributed by atoms with Crippen LogP contribution in [0.3, 0.4) is 0 Å². The van der Waals surface area contributed by atoms with Crippen molar-refractivity contribution in [2.45, 2.75) is 33.2 Å². The highest BCUT2D eigenvalue weighted by Crippen LogP contribution is 2.37. The summed E-state index contributed by atoms with van der Waals surface area (Å²) in [6, 6.07) is 12.2. The summed E-state index contributed by atoms with van der Waals surface area (Å²) in [6.45, 7) is 4.76. The van der Waals surface area contributed by atoms with Crippen LogP contribution in [-0.2, 0) is 22.5 Å². The summed E-state index contributed by atoms with van der Waals surface area (Å²) in [5.41, 5.74) is 4.44. The smallest absolute Gasteiger partial charge is 0.184 e. The van der Waals surface area contributed by atoms with Crippen molar-refractivity contribution in [3.8, 4) is 5.75 Å². The zero-order valence-electron chi connectivity index (χ0n) is 14.1. The first-order valence-electron chi connectivity index (χ1n) is 7.66. The molecule has 0 saturated carbocycles. The minimum atomic E-state index is -0.423. The van der Waals surface area contributed by atoms with Gasteiger partial charge in [-0.05, 0) is 36.1 Å². The molecule has 2 rings (SSSR count). The molecule has 23 heavy (non-hydrogen) atoms. The lowest BCUT2D eigenvalue weighted by atomic mass is 10.0. The Morgan fingerprint density at radius 1 is 1.09 bits per heavy atom. The van der Waals surface area contributed by atoms with Crippen LogP contribution >= 0.6 is 15.9 Å². The largest absolute Gasteiger partial charge is 0.489 e. The summed E-state index contributed by atoms with van der Waals surface area (Å²) >= 11 is 3.67. The molecule has 3 nitrogen and oxygen atoms in total. The van der Waals surface area contributed by atoms with Crippen molar-refractivity contribution in [1.29, 1.82) is 0 Å². The van der Waals surface area contributed by atoms with E-state index in [2.05, 4.69) is 41.9 Å². The topological polar surface area (TPSA) is 27.7 Å². The summed E-state index contributed by atoms with van der Waals surface area (Å²) in [5.74, 6) is 0.881. The van der Waals surface area contributed by atoms with Gasteiger partial charge >= 0.3 is 0 Å². The summed E-state index contributed by atoms with van der Waals surface area (Å²) in [5, 5.41) is 0. The minimum Gasteiger partial charge on any atom is -0.489 e.